The summed E-state index contributed by atoms with van der Waals surface area (Å²) < 4.78 is 13.7. The Kier molecular flexibility index (Phi) is 3.28. The molecular weight excluding hydrogens is 233 g/mol. The molecule has 1 aromatic carbocycles. The highest BCUT2D eigenvalue weighted by molar-refractivity contribution is 5.71. The van der Waals surface area contributed by atoms with Crippen LogP contribution in [-0.4, -0.2) is 24.2 Å². The smallest absolute Gasteiger partial charge is 0.307 e. The summed E-state index contributed by atoms with van der Waals surface area (Å²) in [6.07, 6.45) is 0.552. The van der Waals surface area contributed by atoms with Crippen LogP contribution in [0, 0.1) is 17.2 Å². The minimum absolute atomic E-state index is 0.248. The molecule has 4 heteroatoms. The van der Waals surface area contributed by atoms with E-state index in [1.165, 1.54) is 6.07 Å². The molecule has 0 amide bonds. The molecule has 1 aliphatic rings. The van der Waals surface area contributed by atoms with Gasteiger partial charge in [0.05, 0.1) is 11.6 Å². The van der Waals surface area contributed by atoms with Crippen molar-refractivity contribution >= 4 is 11.7 Å². The van der Waals surface area contributed by atoms with Crippen molar-refractivity contribution in [1.29, 1.82) is 0 Å². The van der Waals surface area contributed by atoms with Crippen LogP contribution in [0.4, 0.5) is 10.1 Å². The Balaban J connectivity index is 2.21. The standard InChI is InChI=1S/C14H18FNO2/c1-14(2)9-16(8-7-10(14)13(17)18)12-6-4-3-5-11(12)15/h3-6,10H,7-9H2,1-2H3,(H,17,18). The number of para-hydroxylation sites is 1. The van der Waals surface area contributed by atoms with E-state index in [2.05, 4.69) is 0 Å². The number of carboxylic acids is 1. The largest absolute Gasteiger partial charge is 0.481 e. The Morgan fingerprint density at radius 2 is 2.11 bits per heavy atom. The van der Waals surface area contributed by atoms with Crippen LogP contribution in [0.2, 0.25) is 0 Å². The topological polar surface area (TPSA) is 40.5 Å². The zero-order valence-electron chi connectivity index (χ0n) is 10.7. The maximum absolute atomic E-state index is 13.7. The number of carboxylic acid groups (broad SMARTS) is 1. The molecule has 18 heavy (non-hydrogen) atoms. The normalized spacial score (nSPS) is 22.8. The van der Waals surface area contributed by atoms with Crippen LogP contribution in [0.5, 0.6) is 0 Å². The van der Waals surface area contributed by atoms with Gasteiger partial charge in [0, 0.05) is 13.1 Å². The summed E-state index contributed by atoms with van der Waals surface area (Å²) >= 11 is 0. The number of aliphatic carboxylic acids is 1. The first-order valence-corrected chi connectivity index (χ1v) is 6.14. The van der Waals surface area contributed by atoms with Crippen LogP contribution < -0.4 is 4.90 Å². The summed E-state index contributed by atoms with van der Waals surface area (Å²) in [6, 6.07) is 6.64. The molecule has 2 rings (SSSR count). The summed E-state index contributed by atoms with van der Waals surface area (Å²) in [5, 5.41) is 9.19. The van der Waals surface area contributed by atoms with Gasteiger partial charge in [-0.1, -0.05) is 26.0 Å². The fourth-order valence-corrected chi connectivity index (χ4v) is 2.73. The lowest BCUT2D eigenvalue weighted by Gasteiger charge is -2.43. The van der Waals surface area contributed by atoms with Gasteiger partial charge in [-0.3, -0.25) is 4.79 Å². The fourth-order valence-electron chi connectivity index (χ4n) is 2.73. The Hall–Kier alpha value is -1.58. The molecule has 1 unspecified atom stereocenters. The number of carbonyl (C=O) groups is 1. The second-order valence-corrected chi connectivity index (χ2v) is 5.54. The number of hydrogen-bond donors (Lipinski definition) is 1. The number of benzene rings is 1. The number of hydrogen-bond acceptors (Lipinski definition) is 2. The number of piperidine rings is 1. The predicted molar refractivity (Wildman–Crippen MR) is 68.1 cm³/mol. The van der Waals surface area contributed by atoms with E-state index >= 15 is 0 Å². The van der Waals surface area contributed by atoms with E-state index in [1.54, 1.807) is 18.2 Å². The third-order valence-corrected chi connectivity index (χ3v) is 3.72. The molecule has 1 aliphatic heterocycles. The van der Waals surface area contributed by atoms with Crippen molar-refractivity contribution in [1.82, 2.24) is 0 Å². The van der Waals surface area contributed by atoms with Crippen molar-refractivity contribution in [2.24, 2.45) is 11.3 Å². The highest BCUT2D eigenvalue weighted by Crippen LogP contribution is 2.37. The van der Waals surface area contributed by atoms with Crippen molar-refractivity contribution in [3.8, 4) is 0 Å². The zero-order chi connectivity index (χ0) is 13.3. The van der Waals surface area contributed by atoms with E-state index in [4.69, 9.17) is 0 Å². The van der Waals surface area contributed by atoms with Gasteiger partial charge in [-0.25, -0.2) is 4.39 Å². The summed E-state index contributed by atoms with van der Waals surface area (Å²) in [5.74, 6) is -1.37. The average molecular weight is 251 g/mol. The van der Waals surface area contributed by atoms with Crippen molar-refractivity contribution in [3.05, 3.63) is 30.1 Å². The van der Waals surface area contributed by atoms with Crippen molar-refractivity contribution < 1.29 is 14.3 Å². The molecule has 1 heterocycles. The Morgan fingerprint density at radius 3 is 2.67 bits per heavy atom. The minimum Gasteiger partial charge on any atom is -0.481 e. The van der Waals surface area contributed by atoms with E-state index in [9.17, 15) is 14.3 Å². The van der Waals surface area contributed by atoms with Gasteiger partial charge in [0.15, 0.2) is 0 Å². The Labute approximate surface area is 106 Å². The van der Waals surface area contributed by atoms with Gasteiger partial charge in [-0.05, 0) is 24.0 Å². The van der Waals surface area contributed by atoms with Crippen LogP contribution in [0.25, 0.3) is 0 Å². The molecule has 98 valence electrons. The van der Waals surface area contributed by atoms with E-state index in [-0.39, 0.29) is 17.2 Å². The van der Waals surface area contributed by atoms with Gasteiger partial charge in [0.1, 0.15) is 5.82 Å². The van der Waals surface area contributed by atoms with Gasteiger partial charge < -0.3 is 10.0 Å². The first-order chi connectivity index (χ1) is 8.42. The first-order valence-electron chi connectivity index (χ1n) is 6.14. The average Bonchev–Trinajstić information content (AvgIpc) is 2.27. The second-order valence-electron chi connectivity index (χ2n) is 5.54. The van der Waals surface area contributed by atoms with Crippen LogP contribution in [-0.2, 0) is 4.79 Å². The highest BCUT2D eigenvalue weighted by Gasteiger charge is 2.40. The van der Waals surface area contributed by atoms with Crippen LogP contribution in [0.3, 0.4) is 0 Å². The van der Waals surface area contributed by atoms with Crippen molar-refractivity contribution in [3.63, 3.8) is 0 Å². The lowest BCUT2D eigenvalue weighted by atomic mass is 9.74. The van der Waals surface area contributed by atoms with E-state index in [0.717, 1.165) is 0 Å². The van der Waals surface area contributed by atoms with Gasteiger partial charge in [-0.2, -0.15) is 0 Å². The fraction of sp³-hybridized carbons (Fsp3) is 0.500. The summed E-state index contributed by atoms with van der Waals surface area (Å²) in [7, 11) is 0. The van der Waals surface area contributed by atoms with Crippen LogP contribution in [0.1, 0.15) is 20.3 Å². The summed E-state index contributed by atoms with van der Waals surface area (Å²) in [6.45, 7) is 5.00. The molecule has 0 bridgehead atoms. The molecule has 1 atom stereocenters. The zero-order valence-corrected chi connectivity index (χ0v) is 10.7. The molecule has 0 spiro atoms. The third kappa shape index (κ3) is 2.33. The quantitative estimate of drug-likeness (QED) is 0.878. The first kappa shape index (κ1) is 12.9. The van der Waals surface area contributed by atoms with Gasteiger partial charge in [0.25, 0.3) is 0 Å². The maximum Gasteiger partial charge on any atom is 0.307 e. The third-order valence-electron chi connectivity index (χ3n) is 3.72. The highest BCUT2D eigenvalue weighted by atomic mass is 19.1. The summed E-state index contributed by atoms with van der Waals surface area (Å²) in [5.41, 5.74) is 0.209. The van der Waals surface area contributed by atoms with E-state index in [1.807, 2.05) is 18.7 Å². The number of nitrogens with zero attached hydrogens (tertiary/aromatic N) is 1. The molecule has 0 aromatic heterocycles. The molecular formula is C14H18FNO2. The SMILES string of the molecule is CC1(C)CN(c2ccccc2F)CCC1C(=O)O. The lowest BCUT2D eigenvalue weighted by Crippen LogP contribution is -2.48. The maximum atomic E-state index is 13.7. The number of anilines is 1. The molecule has 1 aromatic rings. The second kappa shape index (κ2) is 4.59. The van der Waals surface area contributed by atoms with Gasteiger partial charge in [-0.15, -0.1) is 0 Å². The van der Waals surface area contributed by atoms with Crippen LogP contribution in [0.15, 0.2) is 24.3 Å². The van der Waals surface area contributed by atoms with Crippen LogP contribution >= 0.6 is 0 Å². The number of rotatable bonds is 2. The van der Waals surface area contributed by atoms with Gasteiger partial charge >= 0.3 is 5.97 Å². The van der Waals surface area contributed by atoms with E-state index in [0.29, 0.717) is 25.2 Å². The Bertz CT molecular complexity index is 459. The monoisotopic (exact) mass is 251 g/mol. The minimum atomic E-state index is -0.756. The molecule has 0 radical (unpaired) electrons. The van der Waals surface area contributed by atoms with E-state index < -0.39 is 5.97 Å². The molecule has 1 N–H and O–H groups in total. The molecule has 0 aliphatic carbocycles. The predicted octanol–water partition coefficient (Wildman–Crippen LogP) is 2.76. The number of halogens is 1. The van der Waals surface area contributed by atoms with Crippen molar-refractivity contribution in [2.45, 2.75) is 20.3 Å². The molecule has 1 fully saturated rings. The molecule has 0 saturated carbocycles. The Morgan fingerprint density at radius 1 is 1.44 bits per heavy atom. The lowest BCUT2D eigenvalue weighted by molar-refractivity contribution is -0.146. The molecule has 3 nitrogen and oxygen atoms in total. The van der Waals surface area contributed by atoms with Crippen molar-refractivity contribution in [2.75, 3.05) is 18.0 Å². The summed E-state index contributed by atoms with van der Waals surface area (Å²) in [4.78, 5) is 13.1. The molecule has 1 saturated heterocycles. The van der Waals surface area contributed by atoms with Gasteiger partial charge in [0.2, 0.25) is 0 Å².